The Kier molecular flexibility index (Phi) is 6.34. The molecule has 0 aliphatic heterocycles. The first-order chi connectivity index (χ1) is 10.2. The fraction of sp³-hybridized carbons (Fsp3) is 0.462. The Morgan fingerprint density at radius 3 is 2.45 bits per heavy atom. The summed E-state index contributed by atoms with van der Waals surface area (Å²) in [5.41, 5.74) is -1.23. The molecule has 0 aromatic heterocycles. The van der Waals surface area contributed by atoms with Crippen molar-refractivity contribution in [3.05, 3.63) is 29.8 Å². The number of rotatable bonds is 7. The lowest BCUT2D eigenvalue weighted by molar-refractivity contribution is -0.139. The molecule has 22 heavy (non-hydrogen) atoms. The minimum Gasteiger partial charge on any atom is -0.383 e. The molecule has 0 saturated carbocycles. The number of sulfonamides is 1. The van der Waals surface area contributed by atoms with E-state index in [1.54, 1.807) is 6.07 Å². The van der Waals surface area contributed by atoms with Crippen molar-refractivity contribution >= 4 is 10.0 Å². The predicted octanol–water partition coefficient (Wildman–Crippen LogP) is 2.26. The van der Waals surface area contributed by atoms with Gasteiger partial charge in [-0.05, 0) is 12.1 Å². The maximum atomic E-state index is 13.0. The lowest BCUT2D eigenvalue weighted by atomic mass is 10.2. The molecule has 1 aromatic rings. The Hall–Kier alpha value is -1.63. The number of ether oxygens (including phenoxy) is 1. The summed E-state index contributed by atoms with van der Waals surface area (Å²) in [7, 11) is -3.03. The highest BCUT2D eigenvalue weighted by Gasteiger charge is 2.38. The van der Waals surface area contributed by atoms with E-state index in [2.05, 4.69) is 0 Å². The van der Waals surface area contributed by atoms with Crippen molar-refractivity contribution in [1.82, 2.24) is 4.31 Å². The lowest BCUT2D eigenvalue weighted by Gasteiger charge is -2.23. The fourth-order valence-corrected chi connectivity index (χ4v) is 3.42. The highest BCUT2D eigenvalue weighted by molar-refractivity contribution is 7.89. The molecule has 0 N–H and O–H groups in total. The molecule has 0 radical (unpaired) electrons. The number of benzene rings is 1. The lowest BCUT2D eigenvalue weighted by Crippen LogP contribution is -2.35. The molecular weight excluding hydrogens is 321 g/mol. The van der Waals surface area contributed by atoms with E-state index in [0.29, 0.717) is 6.07 Å². The third kappa shape index (κ3) is 4.43. The van der Waals surface area contributed by atoms with Gasteiger partial charge in [-0.3, -0.25) is 0 Å². The van der Waals surface area contributed by atoms with Crippen LogP contribution >= 0.6 is 0 Å². The van der Waals surface area contributed by atoms with E-state index in [0.717, 1.165) is 16.4 Å². The predicted molar refractivity (Wildman–Crippen MR) is 72.3 cm³/mol. The molecule has 0 fully saturated rings. The number of methoxy groups -OCH3 is 1. The van der Waals surface area contributed by atoms with Crippen LogP contribution in [0, 0.1) is 11.3 Å². The maximum Gasteiger partial charge on any atom is 0.417 e. The molecular formula is C13H15F3N2O3S. The van der Waals surface area contributed by atoms with Crippen LogP contribution in [0.15, 0.2) is 29.2 Å². The van der Waals surface area contributed by atoms with E-state index in [1.165, 1.54) is 13.2 Å². The molecule has 122 valence electrons. The minimum atomic E-state index is -4.79. The van der Waals surface area contributed by atoms with E-state index >= 15 is 0 Å². The van der Waals surface area contributed by atoms with Gasteiger partial charge < -0.3 is 4.74 Å². The van der Waals surface area contributed by atoms with Crippen LogP contribution in [0.5, 0.6) is 0 Å². The van der Waals surface area contributed by atoms with Gasteiger partial charge in [0.05, 0.1) is 23.1 Å². The first-order valence-electron chi connectivity index (χ1n) is 6.27. The normalized spacial score (nSPS) is 12.4. The standard InChI is InChI=1S/C13H15F3N2O3S/c1-21-10-9-18(8-4-7-17)22(19,20)12-6-3-2-5-11(12)13(14,15)16/h2-3,5-6H,4,8-10H2,1H3. The molecule has 0 unspecified atom stereocenters. The van der Waals surface area contributed by atoms with Crippen LogP contribution in [0.4, 0.5) is 13.2 Å². The summed E-state index contributed by atoms with van der Waals surface area (Å²) in [6, 6.07) is 5.74. The summed E-state index contributed by atoms with van der Waals surface area (Å²) in [5, 5.41) is 8.58. The number of nitriles is 1. The van der Waals surface area contributed by atoms with Crippen LogP contribution in [0.3, 0.4) is 0 Å². The van der Waals surface area contributed by atoms with E-state index in [4.69, 9.17) is 10.00 Å². The van der Waals surface area contributed by atoms with Crippen LogP contribution in [0.1, 0.15) is 12.0 Å². The quantitative estimate of drug-likeness (QED) is 0.766. The van der Waals surface area contributed by atoms with Gasteiger partial charge in [0.2, 0.25) is 10.0 Å². The van der Waals surface area contributed by atoms with Crippen LogP contribution < -0.4 is 0 Å². The molecule has 0 amide bonds. The number of nitrogens with zero attached hydrogens (tertiary/aromatic N) is 2. The zero-order valence-corrected chi connectivity index (χ0v) is 12.6. The zero-order valence-electron chi connectivity index (χ0n) is 11.8. The molecule has 1 aromatic carbocycles. The summed E-state index contributed by atoms with van der Waals surface area (Å²) < 4.78 is 69.5. The Morgan fingerprint density at radius 2 is 1.91 bits per heavy atom. The molecule has 0 spiro atoms. The molecule has 1 rings (SSSR count). The maximum absolute atomic E-state index is 13.0. The summed E-state index contributed by atoms with van der Waals surface area (Å²) in [4.78, 5) is -0.823. The topological polar surface area (TPSA) is 70.4 Å². The second kappa shape index (κ2) is 7.58. The summed E-state index contributed by atoms with van der Waals surface area (Å²) in [6.45, 7) is -0.320. The SMILES string of the molecule is COCCN(CCC#N)S(=O)(=O)c1ccccc1C(F)(F)F. The van der Waals surface area contributed by atoms with E-state index in [9.17, 15) is 21.6 Å². The van der Waals surface area contributed by atoms with Gasteiger partial charge in [0.15, 0.2) is 0 Å². The number of hydrogen-bond acceptors (Lipinski definition) is 4. The number of halogens is 3. The van der Waals surface area contributed by atoms with Crippen molar-refractivity contribution in [2.75, 3.05) is 26.8 Å². The third-order valence-corrected chi connectivity index (χ3v) is 4.78. The summed E-state index contributed by atoms with van der Waals surface area (Å²) >= 11 is 0. The highest BCUT2D eigenvalue weighted by Crippen LogP contribution is 2.35. The Bertz CT molecular complexity index is 639. The first kappa shape index (κ1) is 18.4. The van der Waals surface area contributed by atoms with E-state index < -0.39 is 26.7 Å². The van der Waals surface area contributed by atoms with E-state index in [1.807, 2.05) is 0 Å². The van der Waals surface area contributed by atoms with Gasteiger partial charge in [0.1, 0.15) is 0 Å². The van der Waals surface area contributed by atoms with Crippen LogP contribution in [0.25, 0.3) is 0 Å². The van der Waals surface area contributed by atoms with Crippen molar-refractivity contribution in [3.8, 4) is 6.07 Å². The molecule has 9 heteroatoms. The fourth-order valence-electron chi connectivity index (χ4n) is 1.78. The molecule has 0 saturated heterocycles. The minimum absolute atomic E-state index is 0.0127. The second-order valence-electron chi connectivity index (χ2n) is 4.30. The monoisotopic (exact) mass is 336 g/mol. The summed E-state index contributed by atoms with van der Waals surface area (Å²) in [6.07, 6.45) is -4.91. The highest BCUT2D eigenvalue weighted by atomic mass is 32.2. The molecule has 0 atom stereocenters. The smallest absolute Gasteiger partial charge is 0.383 e. The Labute approximate surface area is 127 Å². The van der Waals surface area contributed by atoms with E-state index in [-0.39, 0.29) is 26.1 Å². The largest absolute Gasteiger partial charge is 0.417 e. The number of alkyl halides is 3. The Morgan fingerprint density at radius 1 is 1.27 bits per heavy atom. The van der Waals surface area contributed by atoms with Gasteiger partial charge in [-0.2, -0.15) is 22.7 Å². The molecule has 0 aliphatic carbocycles. The molecule has 5 nitrogen and oxygen atoms in total. The van der Waals surface area contributed by atoms with Gasteiger partial charge in [-0.15, -0.1) is 0 Å². The van der Waals surface area contributed by atoms with Crippen LogP contribution in [-0.4, -0.2) is 39.5 Å². The van der Waals surface area contributed by atoms with Crippen molar-refractivity contribution in [3.63, 3.8) is 0 Å². The van der Waals surface area contributed by atoms with Gasteiger partial charge in [0, 0.05) is 26.6 Å². The second-order valence-corrected chi connectivity index (χ2v) is 6.21. The summed E-state index contributed by atoms with van der Waals surface area (Å²) in [5.74, 6) is 0. The van der Waals surface area contributed by atoms with Crippen molar-refractivity contribution in [1.29, 1.82) is 5.26 Å². The molecule has 0 heterocycles. The Balaban J connectivity index is 3.28. The van der Waals surface area contributed by atoms with Crippen LogP contribution in [0.2, 0.25) is 0 Å². The third-order valence-electron chi connectivity index (χ3n) is 2.83. The molecule has 0 bridgehead atoms. The average Bonchev–Trinajstić information content (AvgIpc) is 2.46. The average molecular weight is 336 g/mol. The zero-order chi connectivity index (χ0) is 16.8. The van der Waals surface area contributed by atoms with Crippen molar-refractivity contribution in [2.24, 2.45) is 0 Å². The van der Waals surface area contributed by atoms with Gasteiger partial charge >= 0.3 is 6.18 Å². The number of hydrogen-bond donors (Lipinski definition) is 0. The van der Waals surface area contributed by atoms with Crippen molar-refractivity contribution in [2.45, 2.75) is 17.5 Å². The van der Waals surface area contributed by atoms with Crippen molar-refractivity contribution < 1.29 is 26.3 Å². The molecule has 0 aliphatic rings. The first-order valence-corrected chi connectivity index (χ1v) is 7.71. The van der Waals surface area contributed by atoms with Gasteiger partial charge in [-0.25, -0.2) is 8.42 Å². The van der Waals surface area contributed by atoms with Gasteiger partial charge in [0.25, 0.3) is 0 Å². The van der Waals surface area contributed by atoms with Gasteiger partial charge in [-0.1, -0.05) is 12.1 Å². The van der Waals surface area contributed by atoms with Crippen LogP contribution in [-0.2, 0) is 20.9 Å².